The molecule has 0 aliphatic carbocycles. The lowest BCUT2D eigenvalue weighted by Crippen LogP contribution is -2.46. The Hall–Kier alpha value is -1.63. The second-order valence-electron chi connectivity index (χ2n) is 5.73. The molecule has 0 aromatic heterocycles. The second-order valence-corrected chi connectivity index (χ2v) is 5.73. The number of carboxylic acid groups (broad SMARTS) is 1. The molecule has 7 nitrogen and oxygen atoms in total. The van der Waals surface area contributed by atoms with Gasteiger partial charge >= 0.3 is 12.0 Å². The fourth-order valence-corrected chi connectivity index (χ4v) is 3.05. The standard InChI is InChI=1S/C14H23N3O4/c18-12(5-1-6-13(19)20)15-14(21)17-9-3-8-16-7-2-4-11(16)10-17/h11H,1-10H2,(H,19,20)(H,15,18,21). The molecule has 118 valence electrons. The van der Waals surface area contributed by atoms with Crippen molar-refractivity contribution in [2.24, 2.45) is 0 Å². The van der Waals surface area contributed by atoms with Gasteiger partial charge in [-0.15, -0.1) is 0 Å². The maximum atomic E-state index is 12.1. The predicted octanol–water partition coefficient (Wildman–Crippen LogP) is 0.648. The van der Waals surface area contributed by atoms with Gasteiger partial charge in [0.05, 0.1) is 0 Å². The van der Waals surface area contributed by atoms with Gasteiger partial charge in [0.25, 0.3) is 0 Å². The molecule has 2 heterocycles. The van der Waals surface area contributed by atoms with E-state index in [9.17, 15) is 14.4 Å². The second kappa shape index (κ2) is 7.40. The average molecular weight is 297 g/mol. The van der Waals surface area contributed by atoms with E-state index in [1.165, 1.54) is 6.42 Å². The number of imide groups is 1. The molecule has 0 spiro atoms. The van der Waals surface area contributed by atoms with Crippen LogP contribution in [0.3, 0.4) is 0 Å². The number of hydrogen-bond acceptors (Lipinski definition) is 4. The third-order valence-corrected chi connectivity index (χ3v) is 4.13. The van der Waals surface area contributed by atoms with E-state index in [-0.39, 0.29) is 25.3 Å². The highest BCUT2D eigenvalue weighted by Gasteiger charge is 2.30. The summed E-state index contributed by atoms with van der Waals surface area (Å²) < 4.78 is 0. The van der Waals surface area contributed by atoms with E-state index in [2.05, 4.69) is 10.2 Å². The molecule has 2 N–H and O–H groups in total. The van der Waals surface area contributed by atoms with Crippen molar-refractivity contribution in [3.63, 3.8) is 0 Å². The molecule has 2 rings (SSSR count). The molecule has 7 heteroatoms. The van der Waals surface area contributed by atoms with Crippen LogP contribution in [0.25, 0.3) is 0 Å². The van der Waals surface area contributed by atoms with Crippen LogP contribution < -0.4 is 5.32 Å². The highest BCUT2D eigenvalue weighted by Crippen LogP contribution is 2.21. The van der Waals surface area contributed by atoms with Crippen LogP contribution in [-0.4, -0.2) is 65.0 Å². The number of amides is 3. The third kappa shape index (κ3) is 4.70. The van der Waals surface area contributed by atoms with E-state index in [0.29, 0.717) is 19.1 Å². The molecule has 0 saturated carbocycles. The van der Waals surface area contributed by atoms with E-state index >= 15 is 0 Å². The summed E-state index contributed by atoms with van der Waals surface area (Å²) in [4.78, 5) is 38.3. The van der Waals surface area contributed by atoms with Crippen molar-refractivity contribution in [2.45, 2.75) is 44.6 Å². The number of fused-ring (bicyclic) bond motifs is 1. The maximum absolute atomic E-state index is 12.1. The molecule has 3 amide bonds. The van der Waals surface area contributed by atoms with Crippen LogP contribution in [0, 0.1) is 0 Å². The van der Waals surface area contributed by atoms with Gasteiger partial charge in [0.2, 0.25) is 5.91 Å². The monoisotopic (exact) mass is 297 g/mol. The van der Waals surface area contributed by atoms with Gasteiger partial charge in [0, 0.05) is 38.5 Å². The predicted molar refractivity (Wildman–Crippen MR) is 75.8 cm³/mol. The SMILES string of the molecule is O=C(O)CCCC(=O)NC(=O)N1CCCN2CCCC2C1. The van der Waals surface area contributed by atoms with E-state index in [1.807, 2.05) is 0 Å². The lowest BCUT2D eigenvalue weighted by molar-refractivity contribution is -0.137. The number of aliphatic carboxylic acids is 1. The van der Waals surface area contributed by atoms with Crippen LogP contribution >= 0.6 is 0 Å². The maximum Gasteiger partial charge on any atom is 0.324 e. The van der Waals surface area contributed by atoms with Crippen LogP contribution in [0.15, 0.2) is 0 Å². The van der Waals surface area contributed by atoms with Gasteiger partial charge in [-0.3, -0.25) is 19.8 Å². The topological polar surface area (TPSA) is 89.9 Å². The number of hydrogen-bond donors (Lipinski definition) is 2. The number of urea groups is 1. The largest absolute Gasteiger partial charge is 0.481 e. The van der Waals surface area contributed by atoms with E-state index in [1.54, 1.807) is 4.90 Å². The van der Waals surface area contributed by atoms with Crippen molar-refractivity contribution < 1.29 is 19.5 Å². The van der Waals surface area contributed by atoms with Gasteiger partial charge in [-0.1, -0.05) is 0 Å². The van der Waals surface area contributed by atoms with Crippen LogP contribution in [0.1, 0.15) is 38.5 Å². The Labute approximate surface area is 124 Å². The van der Waals surface area contributed by atoms with Crippen molar-refractivity contribution in [1.82, 2.24) is 15.1 Å². The summed E-state index contributed by atoms with van der Waals surface area (Å²) in [5, 5.41) is 10.9. The number of carbonyl (C=O) groups is 3. The number of nitrogens with one attached hydrogen (secondary N) is 1. The zero-order valence-corrected chi connectivity index (χ0v) is 12.2. The fourth-order valence-electron chi connectivity index (χ4n) is 3.05. The summed E-state index contributed by atoms with van der Waals surface area (Å²) in [5.41, 5.74) is 0. The average Bonchev–Trinajstić information content (AvgIpc) is 2.75. The van der Waals surface area contributed by atoms with Crippen molar-refractivity contribution in [2.75, 3.05) is 26.2 Å². The Morgan fingerprint density at radius 3 is 2.62 bits per heavy atom. The summed E-state index contributed by atoms with van der Waals surface area (Å²) >= 11 is 0. The number of rotatable bonds is 4. The van der Waals surface area contributed by atoms with Gasteiger partial charge in [-0.05, 0) is 32.2 Å². The Morgan fingerprint density at radius 1 is 1.10 bits per heavy atom. The van der Waals surface area contributed by atoms with Gasteiger partial charge in [0.1, 0.15) is 0 Å². The Bertz CT molecular complexity index is 413. The summed E-state index contributed by atoms with van der Waals surface area (Å²) in [6.45, 7) is 3.46. The molecule has 1 unspecified atom stereocenters. The fraction of sp³-hybridized carbons (Fsp3) is 0.786. The molecule has 0 bridgehead atoms. The molecule has 0 aromatic rings. The van der Waals surface area contributed by atoms with Crippen LogP contribution in [-0.2, 0) is 9.59 Å². The highest BCUT2D eigenvalue weighted by atomic mass is 16.4. The van der Waals surface area contributed by atoms with Crippen LogP contribution in [0.5, 0.6) is 0 Å². The van der Waals surface area contributed by atoms with Gasteiger partial charge in [0.15, 0.2) is 0 Å². The first-order valence-corrected chi connectivity index (χ1v) is 7.61. The zero-order chi connectivity index (χ0) is 15.2. The van der Waals surface area contributed by atoms with E-state index < -0.39 is 11.9 Å². The number of carbonyl (C=O) groups excluding carboxylic acids is 2. The quantitative estimate of drug-likeness (QED) is 0.795. The molecule has 2 fully saturated rings. The lowest BCUT2D eigenvalue weighted by atomic mass is 10.2. The molecular weight excluding hydrogens is 274 g/mol. The molecular formula is C14H23N3O4. The van der Waals surface area contributed by atoms with Gasteiger partial charge < -0.3 is 10.0 Å². The van der Waals surface area contributed by atoms with Crippen molar-refractivity contribution >= 4 is 17.9 Å². The summed E-state index contributed by atoms with van der Waals surface area (Å²) in [5.74, 6) is -1.32. The first kappa shape index (κ1) is 15.8. The normalized spacial score (nSPS) is 22.5. The molecule has 0 aromatic carbocycles. The minimum Gasteiger partial charge on any atom is -0.481 e. The van der Waals surface area contributed by atoms with Crippen LogP contribution in [0.4, 0.5) is 4.79 Å². The Morgan fingerprint density at radius 2 is 1.86 bits per heavy atom. The molecule has 1 atom stereocenters. The van der Waals surface area contributed by atoms with Crippen LogP contribution in [0.2, 0.25) is 0 Å². The Kier molecular flexibility index (Phi) is 5.55. The molecule has 0 radical (unpaired) electrons. The zero-order valence-electron chi connectivity index (χ0n) is 12.2. The molecule has 2 saturated heterocycles. The summed E-state index contributed by atoms with van der Waals surface area (Å²) in [7, 11) is 0. The smallest absolute Gasteiger partial charge is 0.324 e. The first-order valence-electron chi connectivity index (χ1n) is 7.61. The lowest BCUT2D eigenvalue weighted by Gasteiger charge is -2.25. The third-order valence-electron chi connectivity index (χ3n) is 4.13. The Balaban J connectivity index is 1.76. The van der Waals surface area contributed by atoms with Crippen molar-refractivity contribution in [3.8, 4) is 0 Å². The molecule has 2 aliphatic heterocycles. The number of carboxylic acids is 1. The summed E-state index contributed by atoms with van der Waals surface area (Å²) in [6, 6.07) is 0.0736. The van der Waals surface area contributed by atoms with Crippen molar-refractivity contribution in [3.05, 3.63) is 0 Å². The van der Waals surface area contributed by atoms with E-state index in [4.69, 9.17) is 5.11 Å². The van der Waals surface area contributed by atoms with Gasteiger partial charge in [-0.25, -0.2) is 4.79 Å². The minimum atomic E-state index is -0.928. The summed E-state index contributed by atoms with van der Waals surface area (Å²) in [6.07, 6.45) is 3.48. The molecule has 2 aliphatic rings. The van der Waals surface area contributed by atoms with E-state index in [0.717, 1.165) is 25.9 Å². The number of nitrogens with zero attached hydrogens (tertiary/aromatic N) is 2. The molecule has 21 heavy (non-hydrogen) atoms. The highest BCUT2D eigenvalue weighted by molar-refractivity contribution is 5.94. The van der Waals surface area contributed by atoms with Gasteiger partial charge in [-0.2, -0.15) is 0 Å². The van der Waals surface area contributed by atoms with Crippen molar-refractivity contribution in [1.29, 1.82) is 0 Å². The first-order chi connectivity index (χ1) is 10.1. The minimum absolute atomic E-state index is 0.0532.